The summed E-state index contributed by atoms with van der Waals surface area (Å²) >= 11 is 6.93. The van der Waals surface area contributed by atoms with E-state index in [1.807, 2.05) is 18.2 Å². The van der Waals surface area contributed by atoms with Crippen molar-refractivity contribution in [1.29, 1.82) is 0 Å². The molecule has 0 saturated carbocycles. The zero-order chi connectivity index (χ0) is 15.0. The number of nitrogens with one attached hydrogen (secondary N) is 1. The molecular formula is C15H10Br2FN3. The number of nitrogens with two attached hydrogens (primary N) is 1. The predicted octanol–water partition coefficient (Wildman–Crippen LogP) is 4.99. The van der Waals surface area contributed by atoms with Gasteiger partial charge in [0.1, 0.15) is 5.82 Å². The van der Waals surface area contributed by atoms with Gasteiger partial charge in [-0.3, -0.25) is 5.10 Å². The molecule has 0 saturated heterocycles. The van der Waals surface area contributed by atoms with E-state index in [0.717, 1.165) is 14.5 Å². The Kier molecular flexibility index (Phi) is 3.82. The molecule has 0 radical (unpaired) electrons. The average Bonchev–Trinajstić information content (AvgIpc) is 2.84. The zero-order valence-corrected chi connectivity index (χ0v) is 13.9. The van der Waals surface area contributed by atoms with Crippen LogP contribution >= 0.6 is 31.9 Å². The molecule has 0 aliphatic heterocycles. The first-order valence-electron chi connectivity index (χ1n) is 6.12. The number of aromatic nitrogens is 2. The molecule has 0 amide bonds. The third kappa shape index (κ3) is 2.61. The van der Waals surface area contributed by atoms with Crippen LogP contribution in [0.2, 0.25) is 0 Å². The van der Waals surface area contributed by atoms with Crippen LogP contribution in [0.15, 0.2) is 51.4 Å². The summed E-state index contributed by atoms with van der Waals surface area (Å²) in [5.74, 6) is -0.0695. The van der Waals surface area contributed by atoms with Crippen molar-refractivity contribution in [2.75, 3.05) is 5.73 Å². The molecule has 0 atom stereocenters. The SMILES string of the molecule is Nc1n[nH]c(-c2cc(Br)ccc2Br)c1-c1ccccc1F. The van der Waals surface area contributed by atoms with Crippen LogP contribution in [0.25, 0.3) is 22.4 Å². The van der Waals surface area contributed by atoms with Crippen LogP contribution in [0.4, 0.5) is 10.2 Å². The molecule has 3 aromatic rings. The standard InChI is InChI=1S/C15H10Br2FN3/c16-8-5-6-11(17)10(7-8)14-13(15(19)21-20-14)9-3-1-2-4-12(9)18/h1-7H,(H3,19,20,21). The fraction of sp³-hybridized carbons (Fsp3) is 0. The van der Waals surface area contributed by atoms with E-state index in [-0.39, 0.29) is 11.6 Å². The number of anilines is 1. The molecule has 0 aliphatic carbocycles. The Hall–Kier alpha value is -1.66. The molecule has 2 aromatic carbocycles. The lowest BCUT2D eigenvalue weighted by Crippen LogP contribution is -1.91. The molecule has 21 heavy (non-hydrogen) atoms. The minimum atomic E-state index is -0.335. The largest absolute Gasteiger partial charge is 0.382 e. The van der Waals surface area contributed by atoms with Crippen molar-refractivity contribution in [2.24, 2.45) is 0 Å². The van der Waals surface area contributed by atoms with Crippen LogP contribution in [-0.4, -0.2) is 10.2 Å². The number of nitrogens with zero attached hydrogens (tertiary/aromatic N) is 1. The number of halogens is 3. The second-order valence-electron chi connectivity index (χ2n) is 4.46. The Balaban J connectivity index is 2.27. The molecule has 106 valence electrons. The number of hydrogen-bond donors (Lipinski definition) is 2. The number of aromatic amines is 1. The van der Waals surface area contributed by atoms with Gasteiger partial charge in [0.2, 0.25) is 0 Å². The summed E-state index contributed by atoms with van der Waals surface area (Å²) in [5, 5.41) is 6.92. The number of benzene rings is 2. The lowest BCUT2D eigenvalue weighted by atomic mass is 10.0. The van der Waals surface area contributed by atoms with E-state index < -0.39 is 0 Å². The summed E-state index contributed by atoms with van der Waals surface area (Å²) in [4.78, 5) is 0. The molecule has 0 bridgehead atoms. The Labute approximate surface area is 137 Å². The topological polar surface area (TPSA) is 54.7 Å². The lowest BCUT2D eigenvalue weighted by Gasteiger charge is -2.08. The Morgan fingerprint density at radius 1 is 1.05 bits per heavy atom. The van der Waals surface area contributed by atoms with E-state index in [2.05, 4.69) is 42.1 Å². The van der Waals surface area contributed by atoms with Gasteiger partial charge in [-0.05, 0) is 24.3 Å². The maximum atomic E-state index is 14.1. The van der Waals surface area contributed by atoms with Crippen molar-refractivity contribution in [3.8, 4) is 22.4 Å². The minimum Gasteiger partial charge on any atom is -0.382 e. The van der Waals surface area contributed by atoms with Gasteiger partial charge < -0.3 is 5.73 Å². The summed E-state index contributed by atoms with van der Waals surface area (Å²) < 4.78 is 15.9. The molecule has 6 heteroatoms. The summed E-state index contributed by atoms with van der Waals surface area (Å²) in [5.41, 5.74) is 8.44. The van der Waals surface area contributed by atoms with E-state index in [4.69, 9.17) is 5.73 Å². The third-order valence-corrected chi connectivity index (χ3v) is 4.32. The van der Waals surface area contributed by atoms with Gasteiger partial charge >= 0.3 is 0 Å². The van der Waals surface area contributed by atoms with Crippen molar-refractivity contribution >= 4 is 37.7 Å². The van der Waals surface area contributed by atoms with E-state index in [1.165, 1.54) is 6.07 Å². The zero-order valence-electron chi connectivity index (χ0n) is 10.7. The van der Waals surface area contributed by atoms with Crippen LogP contribution in [0.1, 0.15) is 0 Å². The number of rotatable bonds is 2. The number of H-pyrrole nitrogens is 1. The number of hydrogen-bond acceptors (Lipinski definition) is 2. The van der Waals surface area contributed by atoms with Crippen LogP contribution in [0.3, 0.4) is 0 Å². The van der Waals surface area contributed by atoms with Crippen molar-refractivity contribution in [1.82, 2.24) is 10.2 Å². The maximum Gasteiger partial charge on any atom is 0.153 e. The molecule has 3 nitrogen and oxygen atoms in total. The number of nitrogen functional groups attached to an aromatic ring is 1. The van der Waals surface area contributed by atoms with Crippen LogP contribution in [-0.2, 0) is 0 Å². The van der Waals surface area contributed by atoms with E-state index in [9.17, 15) is 4.39 Å². The van der Waals surface area contributed by atoms with E-state index in [1.54, 1.807) is 18.2 Å². The van der Waals surface area contributed by atoms with Gasteiger partial charge in [-0.25, -0.2) is 4.39 Å². The van der Waals surface area contributed by atoms with Crippen molar-refractivity contribution in [3.63, 3.8) is 0 Å². The van der Waals surface area contributed by atoms with Gasteiger partial charge in [0.25, 0.3) is 0 Å². The predicted molar refractivity (Wildman–Crippen MR) is 89.2 cm³/mol. The van der Waals surface area contributed by atoms with Crippen molar-refractivity contribution < 1.29 is 4.39 Å². The first-order valence-corrected chi connectivity index (χ1v) is 7.70. The smallest absolute Gasteiger partial charge is 0.153 e. The first kappa shape index (κ1) is 14.3. The normalized spacial score (nSPS) is 10.8. The van der Waals surface area contributed by atoms with Gasteiger partial charge in [-0.1, -0.05) is 50.1 Å². The van der Waals surface area contributed by atoms with Gasteiger partial charge in [0.15, 0.2) is 5.82 Å². The molecule has 3 N–H and O–H groups in total. The highest BCUT2D eigenvalue weighted by Gasteiger charge is 2.19. The molecule has 0 unspecified atom stereocenters. The lowest BCUT2D eigenvalue weighted by molar-refractivity contribution is 0.631. The molecule has 1 heterocycles. The molecular weight excluding hydrogens is 401 g/mol. The Bertz CT molecular complexity index is 814. The van der Waals surface area contributed by atoms with Crippen molar-refractivity contribution in [2.45, 2.75) is 0 Å². The van der Waals surface area contributed by atoms with Gasteiger partial charge in [0.05, 0.1) is 11.3 Å². The van der Waals surface area contributed by atoms with Crippen molar-refractivity contribution in [3.05, 3.63) is 57.2 Å². The molecule has 0 fully saturated rings. The molecule has 1 aromatic heterocycles. The summed E-state index contributed by atoms with van der Waals surface area (Å²) in [7, 11) is 0. The maximum absolute atomic E-state index is 14.1. The first-order chi connectivity index (χ1) is 10.1. The highest BCUT2D eigenvalue weighted by molar-refractivity contribution is 9.11. The molecule has 0 aliphatic rings. The summed E-state index contributed by atoms with van der Waals surface area (Å²) in [6.45, 7) is 0. The van der Waals surface area contributed by atoms with Gasteiger partial charge in [-0.15, -0.1) is 0 Å². The van der Waals surface area contributed by atoms with E-state index >= 15 is 0 Å². The highest BCUT2D eigenvalue weighted by Crippen LogP contribution is 2.39. The second-order valence-corrected chi connectivity index (χ2v) is 6.23. The Morgan fingerprint density at radius 2 is 1.81 bits per heavy atom. The van der Waals surface area contributed by atoms with Crippen LogP contribution in [0.5, 0.6) is 0 Å². The Morgan fingerprint density at radius 3 is 2.57 bits per heavy atom. The fourth-order valence-corrected chi connectivity index (χ4v) is 2.98. The van der Waals surface area contributed by atoms with Crippen LogP contribution < -0.4 is 5.73 Å². The van der Waals surface area contributed by atoms with Gasteiger partial charge in [-0.2, -0.15) is 5.10 Å². The third-order valence-electron chi connectivity index (χ3n) is 3.14. The highest BCUT2D eigenvalue weighted by atomic mass is 79.9. The van der Waals surface area contributed by atoms with Crippen LogP contribution in [0, 0.1) is 5.82 Å². The molecule has 0 spiro atoms. The monoisotopic (exact) mass is 409 g/mol. The average molecular weight is 411 g/mol. The quantitative estimate of drug-likeness (QED) is 0.625. The summed E-state index contributed by atoms with van der Waals surface area (Å²) in [6.07, 6.45) is 0. The fourth-order valence-electron chi connectivity index (χ4n) is 2.18. The minimum absolute atomic E-state index is 0.266. The van der Waals surface area contributed by atoms with E-state index in [0.29, 0.717) is 16.8 Å². The second kappa shape index (κ2) is 5.61. The molecule has 3 rings (SSSR count). The summed E-state index contributed by atoms with van der Waals surface area (Å²) in [6, 6.07) is 12.2. The van der Waals surface area contributed by atoms with Gasteiger partial charge in [0, 0.05) is 20.1 Å².